The van der Waals surface area contributed by atoms with E-state index in [0.29, 0.717) is 16.8 Å². The molecule has 0 aliphatic carbocycles. The van der Waals surface area contributed by atoms with Crippen molar-refractivity contribution in [2.75, 3.05) is 6.61 Å². The van der Waals surface area contributed by atoms with Crippen molar-refractivity contribution in [1.82, 2.24) is 20.4 Å². The van der Waals surface area contributed by atoms with Crippen molar-refractivity contribution in [2.24, 2.45) is 5.84 Å². The van der Waals surface area contributed by atoms with Gasteiger partial charge in [-0.3, -0.25) is 10.2 Å². The third-order valence-electron chi connectivity index (χ3n) is 2.46. The molecule has 0 spiro atoms. The van der Waals surface area contributed by atoms with Crippen molar-refractivity contribution >= 4 is 33.4 Å². The molecule has 2 aromatic rings. The van der Waals surface area contributed by atoms with Crippen LogP contribution in [0.2, 0.25) is 5.02 Å². The van der Waals surface area contributed by atoms with Gasteiger partial charge in [-0.2, -0.15) is 0 Å². The van der Waals surface area contributed by atoms with Gasteiger partial charge in [-0.1, -0.05) is 16.8 Å². The summed E-state index contributed by atoms with van der Waals surface area (Å²) in [6.45, 7) is 0.522. The lowest BCUT2D eigenvalue weighted by Crippen LogP contribution is -2.30. The largest absolute Gasteiger partial charge is 0.490 e. The zero-order valence-electron chi connectivity index (χ0n) is 10.5. The molecule has 1 aromatic heterocycles. The van der Waals surface area contributed by atoms with Crippen molar-refractivity contribution in [3.8, 4) is 5.75 Å². The Labute approximate surface area is 132 Å². The van der Waals surface area contributed by atoms with E-state index in [0.717, 1.165) is 0 Å². The zero-order chi connectivity index (χ0) is 15.4. The Morgan fingerprint density at radius 1 is 1.57 bits per heavy atom. The number of carbonyl (C=O) groups is 1. The Bertz CT molecular complexity index is 666. The lowest BCUT2D eigenvalue weighted by molar-refractivity contribution is 0.0948. The molecule has 21 heavy (non-hydrogen) atoms. The highest BCUT2D eigenvalue weighted by molar-refractivity contribution is 9.10. The van der Waals surface area contributed by atoms with Gasteiger partial charge < -0.3 is 4.74 Å². The number of rotatable bonds is 5. The van der Waals surface area contributed by atoms with Crippen molar-refractivity contribution < 1.29 is 13.9 Å². The van der Waals surface area contributed by atoms with Gasteiger partial charge in [0.15, 0.2) is 5.69 Å². The number of amides is 1. The van der Waals surface area contributed by atoms with E-state index in [1.165, 1.54) is 23.0 Å². The number of benzene rings is 1. The highest BCUT2D eigenvalue weighted by Gasteiger charge is 2.10. The Hall–Kier alpha value is -1.71. The maximum Gasteiger partial charge on any atom is 0.287 e. The first-order valence-corrected chi connectivity index (χ1v) is 6.86. The predicted octanol–water partition coefficient (Wildman–Crippen LogP) is 1.52. The molecule has 0 radical (unpaired) electrons. The number of aromatic nitrogens is 3. The van der Waals surface area contributed by atoms with Crippen LogP contribution in [-0.2, 0) is 6.54 Å². The van der Waals surface area contributed by atoms with Crippen LogP contribution in [0.1, 0.15) is 10.5 Å². The van der Waals surface area contributed by atoms with Gasteiger partial charge in [0.05, 0.1) is 22.2 Å². The van der Waals surface area contributed by atoms with E-state index in [1.807, 2.05) is 5.43 Å². The normalized spacial score (nSPS) is 10.5. The summed E-state index contributed by atoms with van der Waals surface area (Å²) in [7, 11) is 0. The molecule has 0 aliphatic heterocycles. The summed E-state index contributed by atoms with van der Waals surface area (Å²) in [5.74, 6) is 4.19. The Kier molecular flexibility index (Phi) is 5.10. The predicted molar refractivity (Wildman–Crippen MR) is 76.3 cm³/mol. The molecule has 0 unspecified atom stereocenters. The molecule has 1 aromatic carbocycles. The molecule has 0 saturated carbocycles. The number of nitrogens with zero attached hydrogens (tertiary/aromatic N) is 3. The fourth-order valence-corrected chi connectivity index (χ4v) is 2.20. The smallest absolute Gasteiger partial charge is 0.287 e. The molecule has 0 aliphatic rings. The van der Waals surface area contributed by atoms with Crippen LogP contribution >= 0.6 is 27.5 Å². The van der Waals surface area contributed by atoms with Gasteiger partial charge in [-0.25, -0.2) is 14.9 Å². The summed E-state index contributed by atoms with van der Waals surface area (Å²) in [6, 6.07) is 2.59. The van der Waals surface area contributed by atoms with Crippen LogP contribution in [0.5, 0.6) is 5.75 Å². The first-order valence-electron chi connectivity index (χ1n) is 5.69. The summed E-state index contributed by atoms with van der Waals surface area (Å²) < 4.78 is 20.7. The third-order valence-corrected chi connectivity index (χ3v) is 3.36. The van der Waals surface area contributed by atoms with Crippen molar-refractivity contribution in [2.45, 2.75) is 6.54 Å². The molecule has 0 bridgehead atoms. The van der Waals surface area contributed by atoms with Gasteiger partial charge in [0, 0.05) is 6.07 Å². The van der Waals surface area contributed by atoms with Crippen LogP contribution in [-0.4, -0.2) is 27.5 Å². The number of carbonyl (C=O) groups excluding carboxylic acids is 1. The monoisotopic (exact) mass is 377 g/mol. The third kappa shape index (κ3) is 3.90. The van der Waals surface area contributed by atoms with Gasteiger partial charge in [-0.05, 0) is 22.0 Å². The van der Waals surface area contributed by atoms with Crippen molar-refractivity contribution in [3.05, 3.63) is 39.3 Å². The van der Waals surface area contributed by atoms with E-state index < -0.39 is 11.7 Å². The molecule has 0 saturated heterocycles. The molecule has 7 nitrogen and oxygen atoms in total. The SMILES string of the molecule is NNC(=O)c1cn(CCOc2cc(F)c(Cl)cc2Br)nn1. The van der Waals surface area contributed by atoms with Crippen LogP contribution in [0.25, 0.3) is 0 Å². The molecule has 0 atom stereocenters. The van der Waals surface area contributed by atoms with E-state index in [2.05, 4.69) is 26.2 Å². The van der Waals surface area contributed by atoms with Crippen molar-refractivity contribution in [3.63, 3.8) is 0 Å². The summed E-state index contributed by atoms with van der Waals surface area (Å²) in [6.07, 6.45) is 1.42. The van der Waals surface area contributed by atoms with E-state index in [9.17, 15) is 9.18 Å². The second-order valence-electron chi connectivity index (χ2n) is 3.89. The highest BCUT2D eigenvalue weighted by atomic mass is 79.9. The van der Waals surface area contributed by atoms with Crippen LogP contribution < -0.4 is 16.0 Å². The Morgan fingerprint density at radius 2 is 2.33 bits per heavy atom. The number of halogens is 3. The average molecular weight is 379 g/mol. The molecule has 1 heterocycles. The maximum absolute atomic E-state index is 13.3. The van der Waals surface area contributed by atoms with E-state index in [-0.39, 0.29) is 17.3 Å². The molecule has 0 fully saturated rings. The topological polar surface area (TPSA) is 95.1 Å². The number of nitrogens with one attached hydrogen (secondary N) is 1. The molecule has 112 valence electrons. The second-order valence-corrected chi connectivity index (χ2v) is 5.15. The van der Waals surface area contributed by atoms with Crippen LogP contribution in [0.3, 0.4) is 0 Å². The number of nitrogens with two attached hydrogens (primary N) is 1. The van der Waals surface area contributed by atoms with Gasteiger partial charge in [-0.15, -0.1) is 5.10 Å². The molecule has 1 amide bonds. The van der Waals surface area contributed by atoms with Crippen LogP contribution in [0.15, 0.2) is 22.8 Å². The first-order chi connectivity index (χ1) is 10.0. The number of hydrogen-bond donors (Lipinski definition) is 2. The van der Waals surface area contributed by atoms with E-state index in [1.54, 1.807) is 0 Å². The minimum absolute atomic E-state index is 0.00272. The summed E-state index contributed by atoms with van der Waals surface area (Å²) in [4.78, 5) is 11.2. The fourth-order valence-electron chi connectivity index (χ4n) is 1.45. The summed E-state index contributed by atoms with van der Waals surface area (Å²) in [5.41, 5.74) is 2.04. The average Bonchev–Trinajstić information content (AvgIpc) is 2.92. The van der Waals surface area contributed by atoms with Gasteiger partial charge in [0.1, 0.15) is 18.2 Å². The second kappa shape index (κ2) is 6.83. The molecular weight excluding hydrogens is 369 g/mol. The molecule has 3 N–H and O–H groups in total. The van der Waals surface area contributed by atoms with E-state index >= 15 is 0 Å². The standard InChI is InChI=1S/C11H10BrClFN5O2/c12-6-3-7(13)8(14)4-10(6)21-2-1-19-5-9(17-18-19)11(20)16-15/h3-5H,1-2,15H2,(H,16,20). The number of hydrazine groups is 1. The van der Waals surface area contributed by atoms with Gasteiger partial charge >= 0.3 is 0 Å². The lowest BCUT2D eigenvalue weighted by Gasteiger charge is -2.08. The Morgan fingerprint density at radius 3 is 3.05 bits per heavy atom. The molecular formula is C11H10BrClFN5O2. The molecule has 2 rings (SSSR count). The summed E-state index contributed by atoms with van der Waals surface area (Å²) >= 11 is 8.85. The van der Waals surface area contributed by atoms with Crippen molar-refractivity contribution in [1.29, 1.82) is 0 Å². The number of hydrogen-bond acceptors (Lipinski definition) is 5. The first kappa shape index (κ1) is 15.7. The number of nitrogen functional groups attached to an aromatic ring is 1. The van der Waals surface area contributed by atoms with Crippen LogP contribution in [0.4, 0.5) is 4.39 Å². The number of ether oxygens (including phenoxy) is 1. The Balaban J connectivity index is 1.94. The minimum atomic E-state index is -0.572. The summed E-state index contributed by atoms with van der Waals surface area (Å²) in [5, 5.41) is 7.37. The molecule has 10 heteroatoms. The maximum atomic E-state index is 13.3. The van der Waals surface area contributed by atoms with Crippen LogP contribution in [0, 0.1) is 5.82 Å². The zero-order valence-corrected chi connectivity index (χ0v) is 12.9. The quantitative estimate of drug-likeness (QED) is 0.356. The minimum Gasteiger partial charge on any atom is -0.490 e. The fraction of sp³-hybridized carbons (Fsp3) is 0.182. The lowest BCUT2D eigenvalue weighted by atomic mass is 10.3. The highest BCUT2D eigenvalue weighted by Crippen LogP contribution is 2.30. The van der Waals surface area contributed by atoms with E-state index in [4.69, 9.17) is 22.2 Å². The van der Waals surface area contributed by atoms with Gasteiger partial charge in [0.25, 0.3) is 5.91 Å². The van der Waals surface area contributed by atoms with Gasteiger partial charge in [0.2, 0.25) is 0 Å².